The first kappa shape index (κ1) is 14.8. The van der Waals surface area contributed by atoms with Crippen LogP contribution in [0.25, 0.3) is 0 Å². The molecule has 0 saturated carbocycles. The zero-order valence-electron chi connectivity index (χ0n) is 13.5. The molecule has 1 aliphatic rings. The first-order valence-electron chi connectivity index (χ1n) is 7.76. The fourth-order valence-electron chi connectivity index (χ4n) is 3.14. The molecule has 1 atom stereocenters. The number of aryl methyl sites for hydroxylation is 2. The van der Waals surface area contributed by atoms with E-state index in [1.165, 1.54) is 5.69 Å². The van der Waals surface area contributed by atoms with Crippen LogP contribution in [0.5, 0.6) is 0 Å². The number of amides is 1. The molecule has 0 unspecified atom stereocenters. The van der Waals surface area contributed by atoms with Gasteiger partial charge in [-0.2, -0.15) is 5.10 Å². The average Bonchev–Trinajstić information content (AvgIpc) is 3.04. The van der Waals surface area contributed by atoms with Gasteiger partial charge in [0, 0.05) is 24.2 Å². The molecule has 3 rings (SSSR count). The van der Waals surface area contributed by atoms with Crippen molar-refractivity contribution in [2.24, 2.45) is 7.05 Å². The number of rotatable bonds is 3. The maximum atomic E-state index is 12.7. The molecule has 118 valence electrons. The van der Waals surface area contributed by atoms with Gasteiger partial charge in [-0.25, -0.2) is 0 Å². The van der Waals surface area contributed by atoms with Gasteiger partial charge < -0.3 is 9.84 Å². The normalized spacial score (nSPS) is 17.6. The van der Waals surface area contributed by atoms with E-state index >= 15 is 0 Å². The van der Waals surface area contributed by atoms with Crippen molar-refractivity contribution in [1.82, 2.24) is 20.3 Å². The molecule has 0 saturated heterocycles. The summed E-state index contributed by atoms with van der Waals surface area (Å²) in [4.78, 5) is 12.7. The maximum absolute atomic E-state index is 12.7. The van der Waals surface area contributed by atoms with E-state index in [9.17, 15) is 4.79 Å². The van der Waals surface area contributed by atoms with Gasteiger partial charge in [-0.1, -0.05) is 19.0 Å². The second-order valence-corrected chi connectivity index (χ2v) is 6.25. The van der Waals surface area contributed by atoms with Crippen LogP contribution in [0.1, 0.15) is 71.7 Å². The number of hydrogen-bond donors (Lipinski definition) is 1. The monoisotopic (exact) mass is 302 g/mol. The van der Waals surface area contributed by atoms with Crippen LogP contribution >= 0.6 is 0 Å². The Morgan fingerprint density at radius 1 is 1.50 bits per heavy atom. The SMILES string of the molecule is Cc1noc(C(C)C)c1C(=O)N[C@@H]1CCCc2c1cnn2C. The van der Waals surface area contributed by atoms with Crippen molar-refractivity contribution < 1.29 is 9.32 Å². The second-order valence-electron chi connectivity index (χ2n) is 6.25. The van der Waals surface area contributed by atoms with Crippen molar-refractivity contribution in [2.45, 2.75) is 52.0 Å². The number of nitrogens with one attached hydrogen (secondary N) is 1. The Kier molecular flexibility index (Phi) is 3.76. The van der Waals surface area contributed by atoms with Crippen LogP contribution in [0.3, 0.4) is 0 Å². The third-order valence-electron chi connectivity index (χ3n) is 4.32. The standard InChI is InChI=1S/C16H22N4O2/c1-9(2)15-14(10(3)19-22-15)16(21)18-12-6-5-7-13-11(12)8-17-20(13)4/h8-9,12H,5-7H2,1-4H3,(H,18,21)/t12-/m1/s1. The Hall–Kier alpha value is -2.11. The molecule has 0 fully saturated rings. The molecule has 6 heteroatoms. The van der Waals surface area contributed by atoms with Gasteiger partial charge in [-0.15, -0.1) is 0 Å². The predicted octanol–water partition coefficient (Wildman–Crippen LogP) is 2.65. The highest BCUT2D eigenvalue weighted by Crippen LogP contribution is 2.30. The Labute approximate surface area is 129 Å². The van der Waals surface area contributed by atoms with Gasteiger partial charge in [-0.05, 0) is 26.2 Å². The number of nitrogens with zero attached hydrogens (tertiary/aromatic N) is 3. The molecule has 0 aliphatic heterocycles. The van der Waals surface area contributed by atoms with Crippen molar-refractivity contribution in [1.29, 1.82) is 0 Å². The van der Waals surface area contributed by atoms with E-state index in [4.69, 9.17) is 4.52 Å². The number of carbonyl (C=O) groups excluding carboxylic acids is 1. The van der Waals surface area contributed by atoms with Crippen molar-refractivity contribution in [3.05, 3.63) is 34.5 Å². The van der Waals surface area contributed by atoms with Crippen LogP contribution in [0.2, 0.25) is 0 Å². The van der Waals surface area contributed by atoms with Crippen molar-refractivity contribution in [3.8, 4) is 0 Å². The first-order valence-corrected chi connectivity index (χ1v) is 7.76. The molecule has 22 heavy (non-hydrogen) atoms. The van der Waals surface area contributed by atoms with Crippen LogP contribution in [0.4, 0.5) is 0 Å². The summed E-state index contributed by atoms with van der Waals surface area (Å²) < 4.78 is 7.21. The van der Waals surface area contributed by atoms with Gasteiger partial charge in [0.15, 0.2) is 5.76 Å². The van der Waals surface area contributed by atoms with Gasteiger partial charge in [-0.3, -0.25) is 9.48 Å². The summed E-state index contributed by atoms with van der Waals surface area (Å²) in [5.41, 5.74) is 3.56. The summed E-state index contributed by atoms with van der Waals surface area (Å²) in [5, 5.41) is 11.4. The molecule has 0 radical (unpaired) electrons. The summed E-state index contributed by atoms with van der Waals surface area (Å²) in [6, 6.07) is 0.0132. The summed E-state index contributed by atoms with van der Waals surface area (Å²) in [6.07, 6.45) is 4.87. The van der Waals surface area contributed by atoms with Gasteiger partial charge in [0.05, 0.1) is 17.9 Å². The Balaban J connectivity index is 1.86. The molecule has 1 N–H and O–H groups in total. The maximum Gasteiger partial charge on any atom is 0.257 e. The summed E-state index contributed by atoms with van der Waals surface area (Å²) in [5.74, 6) is 0.670. The molecule has 1 aliphatic carbocycles. The molecule has 2 aromatic rings. The fourth-order valence-corrected chi connectivity index (χ4v) is 3.14. The lowest BCUT2D eigenvalue weighted by Crippen LogP contribution is -2.31. The minimum Gasteiger partial charge on any atom is -0.360 e. The van der Waals surface area contributed by atoms with Crippen LogP contribution < -0.4 is 5.32 Å². The van der Waals surface area contributed by atoms with Crippen molar-refractivity contribution >= 4 is 5.91 Å². The van der Waals surface area contributed by atoms with E-state index in [2.05, 4.69) is 15.6 Å². The van der Waals surface area contributed by atoms with Gasteiger partial charge in [0.25, 0.3) is 5.91 Å². The lowest BCUT2D eigenvalue weighted by Gasteiger charge is -2.24. The van der Waals surface area contributed by atoms with Crippen molar-refractivity contribution in [3.63, 3.8) is 0 Å². The minimum atomic E-state index is -0.107. The largest absolute Gasteiger partial charge is 0.360 e. The van der Waals surface area contributed by atoms with Gasteiger partial charge >= 0.3 is 0 Å². The highest BCUT2D eigenvalue weighted by molar-refractivity contribution is 5.96. The van der Waals surface area contributed by atoms with Crippen LogP contribution in [-0.4, -0.2) is 20.8 Å². The number of aromatic nitrogens is 3. The molecule has 6 nitrogen and oxygen atoms in total. The lowest BCUT2D eigenvalue weighted by atomic mass is 9.92. The third-order valence-corrected chi connectivity index (χ3v) is 4.32. The highest BCUT2D eigenvalue weighted by atomic mass is 16.5. The van der Waals surface area contributed by atoms with E-state index in [-0.39, 0.29) is 17.9 Å². The highest BCUT2D eigenvalue weighted by Gasteiger charge is 2.28. The topological polar surface area (TPSA) is 73.0 Å². The smallest absolute Gasteiger partial charge is 0.257 e. The Morgan fingerprint density at radius 2 is 2.27 bits per heavy atom. The second kappa shape index (κ2) is 5.59. The van der Waals surface area contributed by atoms with Crippen LogP contribution in [0.15, 0.2) is 10.7 Å². The zero-order valence-corrected chi connectivity index (χ0v) is 13.5. The molecule has 2 heterocycles. The summed E-state index contributed by atoms with van der Waals surface area (Å²) in [6.45, 7) is 5.80. The Morgan fingerprint density at radius 3 is 3.00 bits per heavy atom. The molecule has 0 spiro atoms. The lowest BCUT2D eigenvalue weighted by molar-refractivity contribution is 0.0929. The molecule has 2 aromatic heterocycles. The fraction of sp³-hybridized carbons (Fsp3) is 0.562. The van der Waals surface area contributed by atoms with E-state index < -0.39 is 0 Å². The zero-order chi connectivity index (χ0) is 15.9. The summed E-state index contributed by atoms with van der Waals surface area (Å²) in [7, 11) is 1.95. The predicted molar refractivity (Wildman–Crippen MR) is 81.7 cm³/mol. The van der Waals surface area contributed by atoms with Gasteiger partial charge in [0.2, 0.25) is 0 Å². The molecule has 1 amide bonds. The number of hydrogen-bond acceptors (Lipinski definition) is 4. The van der Waals surface area contributed by atoms with Crippen molar-refractivity contribution in [2.75, 3.05) is 0 Å². The minimum absolute atomic E-state index is 0.0132. The summed E-state index contributed by atoms with van der Waals surface area (Å²) >= 11 is 0. The van der Waals surface area contributed by atoms with E-state index in [1.54, 1.807) is 6.92 Å². The molecule has 0 aromatic carbocycles. The quantitative estimate of drug-likeness (QED) is 0.946. The number of carbonyl (C=O) groups is 1. The van der Waals surface area contributed by atoms with Gasteiger partial charge in [0.1, 0.15) is 5.56 Å². The first-order chi connectivity index (χ1) is 10.5. The molecular formula is C16H22N4O2. The van der Waals surface area contributed by atoms with Crippen LogP contribution in [-0.2, 0) is 13.5 Å². The van der Waals surface area contributed by atoms with E-state index in [1.807, 2.05) is 31.8 Å². The van der Waals surface area contributed by atoms with E-state index in [0.717, 1.165) is 24.8 Å². The molecule has 0 bridgehead atoms. The molecular weight excluding hydrogens is 280 g/mol. The van der Waals surface area contributed by atoms with E-state index in [0.29, 0.717) is 17.0 Å². The van der Waals surface area contributed by atoms with Crippen LogP contribution in [0, 0.1) is 6.92 Å². The number of fused-ring (bicyclic) bond motifs is 1. The third kappa shape index (κ3) is 2.42. The average molecular weight is 302 g/mol. The Bertz CT molecular complexity index is 699.